The van der Waals surface area contributed by atoms with Gasteiger partial charge in [-0.1, -0.05) is 13.8 Å². The van der Waals surface area contributed by atoms with Crippen LogP contribution in [0.2, 0.25) is 0 Å². The summed E-state index contributed by atoms with van der Waals surface area (Å²) < 4.78 is 22.5. The van der Waals surface area contributed by atoms with Crippen molar-refractivity contribution in [2.45, 2.75) is 20.3 Å². The molecule has 1 aliphatic heterocycles. The monoisotopic (exact) mass is 262 g/mol. The van der Waals surface area contributed by atoms with Crippen molar-refractivity contribution in [2.24, 2.45) is 11.8 Å². The first-order chi connectivity index (χ1) is 7.94. The molecule has 0 bridgehead atoms. The SMILES string of the molecule is CCS(=O)(=O)CCNC(=O)C1CNCC(C)C1. The first kappa shape index (κ1) is 14.4. The summed E-state index contributed by atoms with van der Waals surface area (Å²) in [5.41, 5.74) is 0. The second-order valence-corrected chi connectivity index (χ2v) is 7.20. The third-order valence-corrected chi connectivity index (χ3v) is 4.80. The molecule has 1 amide bonds. The molecule has 17 heavy (non-hydrogen) atoms. The van der Waals surface area contributed by atoms with Gasteiger partial charge in [0.2, 0.25) is 5.91 Å². The predicted octanol–water partition coefficient (Wildman–Crippen LogP) is -0.217. The lowest BCUT2D eigenvalue weighted by atomic mass is 9.91. The van der Waals surface area contributed by atoms with Gasteiger partial charge in [-0.05, 0) is 18.9 Å². The van der Waals surface area contributed by atoms with Crippen LogP contribution in [0.25, 0.3) is 0 Å². The lowest BCUT2D eigenvalue weighted by Gasteiger charge is -2.26. The van der Waals surface area contributed by atoms with Crippen molar-refractivity contribution in [3.63, 3.8) is 0 Å². The Morgan fingerprint density at radius 1 is 1.41 bits per heavy atom. The highest BCUT2D eigenvalue weighted by Gasteiger charge is 2.24. The van der Waals surface area contributed by atoms with Gasteiger partial charge in [0.1, 0.15) is 0 Å². The molecule has 0 saturated carbocycles. The Bertz CT molecular complexity index is 354. The molecule has 0 aromatic carbocycles. The Hall–Kier alpha value is -0.620. The van der Waals surface area contributed by atoms with Crippen molar-refractivity contribution in [3.05, 3.63) is 0 Å². The van der Waals surface area contributed by atoms with Crippen molar-refractivity contribution in [1.29, 1.82) is 0 Å². The standard InChI is InChI=1S/C11H22N2O3S/c1-3-17(15,16)5-4-13-11(14)10-6-9(2)7-12-8-10/h9-10,12H,3-8H2,1-2H3,(H,13,14). The fourth-order valence-corrected chi connectivity index (χ4v) is 2.68. The number of hydrogen-bond donors (Lipinski definition) is 2. The normalized spacial score (nSPS) is 25.5. The van der Waals surface area contributed by atoms with E-state index in [0.29, 0.717) is 12.5 Å². The van der Waals surface area contributed by atoms with Crippen LogP contribution >= 0.6 is 0 Å². The average molecular weight is 262 g/mol. The number of piperidine rings is 1. The Balaban J connectivity index is 2.30. The lowest BCUT2D eigenvalue weighted by Crippen LogP contribution is -2.44. The fraction of sp³-hybridized carbons (Fsp3) is 0.909. The highest BCUT2D eigenvalue weighted by atomic mass is 32.2. The molecule has 5 nitrogen and oxygen atoms in total. The molecule has 1 heterocycles. The Labute approximate surface area is 103 Å². The summed E-state index contributed by atoms with van der Waals surface area (Å²) in [6, 6.07) is 0. The summed E-state index contributed by atoms with van der Waals surface area (Å²) in [7, 11) is -2.99. The topological polar surface area (TPSA) is 75.3 Å². The summed E-state index contributed by atoms with van der Waals surface area (Å²) in [5.74, 6) is 0.604. The van der Waals surface area contributed by atoms with Gasteiger partial charge >= 0.3 is 0 Å². The van der Waals surface area contributed by atoms with E-state index >= 15 is 0 Å². The van der Waals surface area contributed by atoms with E-state index in [9.17, 15) is 13.2 Å². The largest absolute Gasteiger partial charge is 0.355 e. The van der Waals surface area contributed by atoms with E-state index in [2.05, 4.69) is 17.6 Å². The quantitative estimate of drug-likeness (QED) is 0.718. The van der Waals surface area contributed by atoms with Crippen LogP contribution in [0.3, 0.4) is 0 Å². The van der Waals surface area contributed by atoms with Crippen LogP contribution in [0.5, 0.6) is 0 Å². The van der Waals surface area contributed by atoms with Gasteiger partial charge in [0.05, 0.1) is 11.7 Å². The Morgan fingerprint density at radius 2 is 2.12 bits per heavy atom. The van der Waals surface area contributed by atoms with Crippen molar-refractivity contribution in [1.82, 2.24) is 10.6 Å². The molecule has 100 valence electrons. The smallest absolute Gasteiger partial charge is 0.224 e. The van der Waals surface area contributed by atoms with Crippen LogP contribution in [0.4, 0.5) is 0 Å². The number of nitrogens with one attached hydrogen (secondary N) is 2. The van der Waals surface area contributed by atoms with Crippen LogP contribution in [-0.4, -0.2) is 45.5 Å². The number of rotatable bonds is 5. The molecule has 0 radical (unpaired) electrons. The second kappa shape index (κ2) is 6.35. The number of hydrogen-bond acceptors (Lipinski definition) is 4. The molecular weight excluding hydrogens is 240 g/mol. The minimum absolute atomic E-state index is 0.0249. The number of carbonyl (C=O) groups is 1. The molecule has 1 fully saturated rings. The molecule has 0 aromatic rings. The van der Waals surface area contributed by atoms with Crippen LogP contribution < -0.4 is 10.6 Å². The van der Waals surface area contributed by atoms with E-state index in [0.717, 1.165) is 13.0 Å². The second-order valence-electron chi connectivity index (χ2n) is 4.72. The molecule has 2 atom stereocenters. The van der Waals surface area contributed by atoms with Crippen molar-refractivity contribution >= 4 is 15.7 Å². The maximum absolute atomic E-state index is 11.8. The number of carbonyl (C=O) groups excluding carboxylic acids is 1. The maximum Gasteiger partial charge on any atom is 0.224 e. The number of amides is 1. The van der Waals surface area contributed by atoms with Crippen LogP contribution in [0, 0.1) is 11.8 Å². The van der Waals surface area contributed by atoms with E-state index in [1.165, 1.54) is 0 Å². The molecule has 1 rings (SSSR count). The lowest BCUT2D eigenvalue weighted by molar-refractivity contribution is -0.125. The highest BCUT2D eigenvalue weighted by molar-refractivity contribution is 7.91. The molecule has 0 aliphatic carbocycles. The van der Waals surface area contributed by atoms with E-state index in [-0.39, 0.29) is 29.9 Å². The van der Waals surface area contributed by atoms with Crippen molar-refractivity contribution in [2.75, 3.05) is 31.1 Å². The summed E-state index contributed by atoms with van der Waals surface area (Å²) >= 11 is 0. The van der Waals surface area contributed by atoms with Gasteiger partial charge in [0.25, 0.3) is 0 Å². The zero-order valence-electron chi connectivity index (χ0n) is 10.5. The van der Waals surface area contributed by atoms with Crippen molar-refractivity contribution in [3.8, 4) is 0 Å². The Morgan fingerprint density at radius 3 is 2.71 bits per heavy atom. The highest BCUT2D eigenvalue weighted by Crippen LogP contribution is 2.15. The van der Waals surface area contributed by atoms with Gasteiger partial charge in [-0.2, -0.15) is 0 Å². The van der Waals surface area contributed by atoms with E-state index in [1.54, 1.807) is 6.92 Å². The van der Waals surface area contributed by atoms with E-state index in [1.807, 2.05) is 0 Å². The molecular formula is C11H22N2O3S. The van der Waals surface area contributed by atoms with Gasteiger partial charge in [-0.3, -0.25) is 4.79 Å². The van der Waals surface area contributed by atoms with Crippen LogP contribution in [-0.2, 0) is 14.6 Å². The van der Waals surface area contributed by atoms with Gasteiger partial charge < -0.3 is 10.6 Å². The van der Waals surface area contributed by atoms with E-state index in [4.69, 9.17) is 0 Å². The minimum atomic E-state index is -2.99. The molecule has 1 aliphatic rings. The van der Waals surface area contributed by atoms with Gasteiger partial charge in [0.15, 0.2) is 9.84 Å². The summed E-state index contributed by atoms with van der Waals surface area (Å²) in [4.78, 5) is 11.8. The van der Waals surface area contributed by atoms with Gasteiger partial charge in [-0.25, -0.2) is 8.42 Å². The fourth-order valence-electron chi connectivity index (χ4n) is 1.97. The van der Waals surface area contributed by atoms with Gasteiger partial charge in [-0.15, -0.1) is 0 Å². The zero-order valence-corrected chi connectivity index (χ0v) is 11.3. The first-order valence-corrected chi connectivity index (χ1v) is 7.95. The third-order valence-electron chi connectivity index (χ3n) is 3.09. The minimum Gasteiger partial charge on any atom is -0.355 e. The zero-order chi connectivity index (χ0) is 12.9. The van der Waals surface area contributed by atoms with Gasteiger partial charge in [0, 0.05) is 18.8 Å². The predicted molar refractivity (Wildman–Crippen MR) is 67.5 cm³/mol. The molecule has 2 unspecified atom stereocenters. The molecule has 6 heteroatoms. The van der Waals surface area contributed by atoms with Crippen LogP contribution in [0.1, 0.15) is 20.3 Å². The summed E-state index contributed by atoms with van der Waals surface area (Å²) in [6.45, 7) is 5.59. The first-order valence-electron chi connectivity index (χ1n) is 6.13. The average Bonchev–Trinajstić information content (AvgIpc) is 2.28. The Kier molecular flexibility index (Phi) is 5.39. The van der Waals surface area contributed by atoms with E-state index < -0.39 is 9.84 Å². The van der Waals surface area contributed by atoms with Crippen LogP contribution in [0.15, 0.2) is 0 Å². The molecule has 2 N–H and O–H groups in total. The molecule has 0 aromatic heterocycles. The molecule has 1 saturated heterocycles. The third kappa shape index (κ3) is 5.04. The summed E-state index contributed by atoms with van der Waals surface area (Å²) in [6.07, 6.45) is 0.874. The molecule has 0 spiro atoms. The summed E-state index contributed by atoms with van der Waals surface area (Å²) in [5, 5.41) is 5.91. The van der Waals surface area contributed by atoms with Crippen molar-refractivity contribution < 1.29 is 13.2 Å². The number of sulfone groups is 1. The maximum atomic E-state index is 11.8.